The van der Waals surface area contributed by atoms with E-state index in [-0.39, 0.29) is 11.4 Å². The minimum Gasteiger partial charge on any atom is -0.465 e. The van der Waals surface area contributed by atoms with Crippen LogP contribution >= 0.6 is 0 Å². The molecular weight excluding hydrogens is 394 g/mol. The zero-order valence-corrected chi connectivity index (χ0v) is 18.6. The largest absolute Gasteiger partial charge is 0.465 e. The molecule has 1 aliphatic carbocycles. The lowest BCUT2D eigenvalue weighted by molar-refractivity contribution is 0.0600. The molecule has 0 bridgehead atoms. The van der Waals surface area contributed by atoms with Gasteiger partial charge in [0.25, 0.3) is 0 Å². The highest BCUT2D eigenvalue weighted by molar-refractivity contribution is 5.91. The molecule has 3 heteroatoms. The predicted molar refractivity (Wildman–Crippen MR) is 129 cm³/mol. The topological polar surface area (TPSA) is 39.2 Å². The highest BCUT2D eigenvalue weighted by Crippen LogP contribution is 2.40. The first-order valence-corrected chi connectivity index (χ1v) is 10.5. The number of benzene rings is 2. The number of hydrogen-bond donors (Lipinski definition) is 0. The maximum Gasteiger partial charge on any atom is 0.337 e. The van der Waals surface area contributed by atoms with Crippen molar-refractivity contribution in [3.05, 3.63) is 113 Å². The van der Waals surface area contributed by atoms with Crippen LogP contribution < -0.4 is 0 Å². The molecule has 0 fully saturated rings. The number of rotatable bonds is 3. The van der Waals surface area contributed by atoms with Crippen LogP contribution in [0, 0.1) is 11.8 Å². The summed E-state index contributed by atoms with van der Waals surface area (Å²) in [6.07, 6.45) is 6.69. The Bertz CT molecular complexity index is 1270. The third kappa shape index (κ3) is 4.26. The van der Waals surface area contributed by atoms with Crippen molar-refractivity contribution >= 4 is 17.1 Å². The van der Waals surface area contributed by atoms with Gasteiger partial charge in [-0.25, -0.2) is 4.79 Å². The molecule has 1 aliphatic rings. The van der Waals surface area contributed by atoms with E-state index in [2.05, 4.69) is 61.5 Å². The Morgan fingerprint density at radius 2 is 1.75 bits per heavy atom. The second-order valence-electron chi connectivity index (χ2n) is 8.51. The van der Waals surface area contributed by atoms with Gasteiger partial charge in [0.05, 0.1) is 12.7 Å². The molecule has 2 aromatic carbocycles. The summed E-state index contributed by atoms with van der Waals surface area (Å²) in [6.45, 7) is 8.83. The van der Waals surface area contributed by atoms with Gasteiger partial charge in [0, 0.05) is 23.5 Å². The summed E-state index contributed by atoms with van der Waals surface area (Å²) in [4.78, 5) is 15.9. The summed E-state index contributed by atoms with van der Waals surface area (Å²) >= 11 is 0. The first-order valence-electron chi connectivity index (χ1n) is 10.5. The van der Waals surface area contributed by atoms with Gasteiger partial charge in [-0.05, 0) is 70.0 Å². The number of nitrogens with zero attached hydrogens (tertiary/aromatic N) is 1. The molecule has 158 valence electrons. The van der Waals surface area contributed by atoms with Crippen molar-refractivity contribution in [2.75, 3.05) is 7.11 Å². The van der Waals surface area contributed by atoms with Crippen LogP contribution in [0.4, 0.5) is 0 Å². The van der Waals surface area contributed by atoms with E-state index in [1.54, 1.807) is 24.5 Å². The van der Waals surface area contributed by atoms with Gasteiger partial charge in [0.1, 0.15) is 0 Å². The molecule has 4 rings (SSSR count). The van der Waals surface area contributed by atoms with Crippen LogP contribution in [0.3, 0.4) is 0 Å². The fraction of sp³-hybridized carbons (Fsp3) is 0.172. The van der Waals surface area contributed by atoms with Gasteiger partial charge in [-0.3, -0.25) is 4.98 Å². The summed E-state index contributed by atoms with van der Waals surface area (Å²) < 4.78 is 4.79. The molecule has 3 aromatic rings. The van der Waals surface area contributed by atoms with Gasteiger partial charge in [-0.15, -0.1) is 0 Å². The van der Waals surface area contributed by atoms with E-state index in [0.29, 0.717) is 5.56 Å². The SMILES string of the molecule is C=C(c1ccc(C(=O)OC)cc1)c1ccc2c(c1)C(C#Cc1cccnc1)=CCC2(C)C. The number of carbonyl (C=O) groups excluding carboxylic acids is 1. The Morgan fingerprint density at radius 3 is 2.44 bits per heavy atom. The Labute approximate surface area is 189 Å². The number of ether oxygens (including phenoxy) is 1. The molecule has 0 saturated carbocycles. The van der Waals surface area contributed by atoms with Gasteiger partial charge in [0.15, 0.2) is 0 Å². The second-order valence-corrected chi connectivity index (χ2v) is 8.51. The smallest absolute Gasteiger partial charge is 0.337 e. The molecule has 0 radical (unpaired) electrons. The number of hydrogen-bond acceptors (Lipinski definition) is 3. The van der Waals surface area contributed by atoms with E-state index in [1.165, 1.54) is 12.7 Å². The Morgan fingerprint density at radius 1 is 1.03 bits per heavy atom. The van der Waals surface area contributed by atoms with Gasteiger partial charge in [-0.1, -0.05) is 62.6 Å². The van der Waals surface area contributed by atoms with E-state index < -0.39 is 0 Å². The van der Waals surface area contributed by atoms with Crippen molar-refractivity contribution in [1.82, 2.24) is 4.98 Å². The molecule has 3 nitrogen and oxygen atoms in total. The summed E-state index contributed by atoms with van der Waals surface area (Å²) in [5, 5.41) is 0. The van der Waals surface area contributed by atoms with Crippen molar-refractivity contribution in [3.8, 4) is 11.8 Å². The minimum atomic E-state index is -0.347. The average Bonchev–Trinajstić information content (AvgIpc) is 2.83. The van der Waals surface area contributed by atoms with E-state index in [4.69, 9.17) is 4.74 Å². The van der Waals surface area contributed by atoms with Crippen LogP contribution in [-0.4, -0.2) is 18.1 Å². The van der Waals surface area contributed by atoms with Crippen molar-refractivity contribution in [2.24, 2.45) is 0 Å². The Balaban J connectivity index is 1.70. The number of carbonyl (C=O) groups is 1. The molecule has 0 atom stereocenters. The van der Waals surface area contributed by atoms with E-state index >= 15 is 0 Å². The molecule has 32 heavy (non-hydrogen) atoms. The molecule has 0 spiro atoms. The number of esters is 1. The standard InChI is InChI=1S/C29H25NO2/c1-20(22-9-11-24(12-10-22)28(31)32-4)25-13-14-27-26(18-25)23(15-16-29(27,2)3)8-7-21-6-5-17-30-19-21/h5-6,9-15,17-19H,1,16H2,2-4H3. The van der Waals surface area contributed by atoms with Gasteiger partial charge < -0.3 is 4.74 Å². The number of fused-ring (bicyclic) bond motifs is 1. The molecule has 0 saturated heterocycles. The highest BCUT2D eigenvalue weighted by Gasteiger charge is 2.28. The number of pyridine rings is 1. The van der Waals surface area contributed by atoms with Crippen molar-refractivity contribution in [1.29, 1.82) is 0 Å². The first-order chi connectivity index (χ1) is 15.4. The lowest BCUT2D eigenvalue weighted by Gasteiger charge is -2.31. The van der Waals surface area contributed by atoms with Crippen molar-refractivity contribution < 1.29 is 9.53 Å². The zero-order valence-electron chi connectivity index (χ0n) is 18.6. The van der Waals surface area contributed by atoms with Crippen LogP contribution in [0.1, 0.15) is 58.4 Å². The molecule has 0 aliphatic heterocycles. The molecule has 1 aromatic heterocycles. The zero-order chi connectivity index (χ0) is 22.7. The van der Waals surface area contributed by atoms with Gasteiger partial charge in [0.2, 0.25) is 0 Å². The fourth-order valence-corrected chi connectivity index (χ4v) is 3.91. The predicted octanol–water partition coefficient (Wildman–Crippen LogP) is 6.05. The lowest BCUT2D eigenvalue weighted by atomic mass is 9.72. The van der Waals surface area contributed by atoms with Crippen molar-refractivity contribution in [3.63, 3.8) is 0 Å². The molecule has 0 N–H and O–H groups in total. The minimum absolute atomic E-state index is 0.0385. The maximum absolute atomic E-state index is 11.7. The molecule has 1 heterocycles. The van der Waals surface area contributed by atoms with Gasteiger partial charge >= 0.3 is 5.97 Å². The number of allylic oxidation sites excluding steroid dienone is 2. The van der Waals surface area contributed by atoms with Crippen LogP contribution in [0.25, 0.3) is 11.1 Å². The maximum atomic E-state index is 11.7. The third-order valence-electron chi connectivity index (χ3n) is 5.86. The normalized spacial score (nSPS) is 13.8. The van der Waals surface area contributed by atoms with Crippen LogP contribution in [-0.2, 0) is 10.2 Å². The van der Waals surface area contributed by atoms with Crippen LogP contribution in [0.15, 0.2) is 79.6 Å². The fourth-order valence-electron chi connectivity index (χ4n) is 3.91. The summed E-state index contributed by atoms with van der Waals surface area (Å²) in [7, 11) is 1.38. The monoisotopic (exact) mass is 419 g/mol. The van der Waals surface area contributed by atoms with Crippen molar-refractivity contribution in [2.45, 2.75) is 25.7 Å². The highest BCUT2D eigenvalue weighted by atomic mass is 16.5. The van der Waals surface area contributed by atoms with E-state index in [1.807, 2.05) is 24.3 Å². The van der Waals surface area contributed by atoms with E-state index in [0.717, 1.165) is 39.8 Å². The van der Waals surface area contributed by atoms with Crippen LogP contribution in [0.5, 0.6) is 0 Å². The average molecular weight is 420 g/mol. The third-order valence-corrected chi connectivity index (χ3v) is 5.86. The Hall–Kier alpha value is -3.90. The molecule has 0 amide bonds. The first kappa shape index (κ1) is 21.3. The van der Waals surface area contributed by atoms with Crippen LogP contribution in [0.2, 0.25) is 0 Å². The lowest BCUT2D eigenvalue weighted by Crippen LogP contribution is -2.21. The molecular formula is C29H25NO2. The quantitative estimate of drug-likeness (QED) is 0.383. The Kier molecular flexibility index (Phi) is 5.79. The van der Waals surface area contributed by atoms with Gasteiger partial charge in [-0.2, -0.15) is 0 Å². The number of methoxy groups -OCH3 is 1. The summed E-state index contributed by atoms with van der Waals surface area (Å²) in [5.41, 5.74) is 7.79. The second kappa shape index (κ2) is 8.69. The number of aromatic nitrogens is 1. The summed E-state index contributed by atoms with van der Waals surface area (Å²) in [6, 6.07) is 17.7. The summed E-state index contributed by atoms with van der Waals surface area (Å²) in [5.74, 6) is 6.25. The molecule has 0 unspecified atom stereocenters. The van der Waals surface area contributed by atoms with E-state index in [9.17, 15) is 4.79 Å².